The predicted molar refractivity (Wildman–Crippen MR) is 60.1 cm³/mol. The molecular formula is C13H19N. The van der Waals surface area contributed by atoms with Crippen LogP contribution in [0.4, 0.5) is 0 Å². The van der Waals surface area contributed by atoms with Crippen molar-refractivity contribution in [3.63, 3.8) is 0 Å². The Bertz CT molecular complexity index is 264. The Hall–Kier alpha value is -0.820. The molecule has 0 heterocycles. The quantitative estimate of drug-likeness (QED) is 0.751. The van der Waals surface area contributed by atoms with Crippen LogP contribution in [-0.2, 0) is 6.54 Å². The van der Waals surface area contributed by atoms with Crippen LogP contribution in [0, 0.1) is 5.92 Å². The summed E-state index contributed by atoms with van der Waals surface area (Å²) in [5.41, 5.74) is 1.38. The number of hydrogen-bond donors (Lipinski definition) is 1. The van der Waals surface area contributed by atoms with Crippen molar-refractivity contribution in [2.45, 2.75) is 38.8 Å². The molecule has 0 amide bonds. The maximum Gasteiger partial charge on any atom is 0.0207 e. The van der Waals surface area contributed by atoms with Crippen LogP contribution in [-0.4, -0.2) is 6.04 Å². The van der Waals surface area contributed by atoms with E-state index in [1.165, 1.54) is 24.8 Å². The lowest BCUT2D eigenvalue weighted by Gasteiger charge is -2.12. The van der Waals surface area contributed by atoms with Gasteiger partial charge in [0.1, 0.15) is 0 Å². The van der Waals surface area contributed by atoms with E-state index in [2.05, 4.69) is 42.6 Å². The molecule has 76 valence electrons. The highest BCUT2D eigenvalue weighted by atomic mass is 14.9. The Kier molecular flexibility index (Phi) is 3.20. The second-order valence-electron chi connectivity index (χ2n) is 4.45. The Balaban J connectivity index is 1.70. The van der Waals surface area contributed by atoms with Crippen LogP contribution in [0.3, 0.4) is 0 Å². The average molecular weight is 189 g/mol. The van der Waals surface area contributed by atoms with Gasteiger partial charge < -0.3 is 5.32 Å². The van der Waals surface area contributed by atoms with E-state index in [1.807, 2.05) is 0 Å². The maximum atomic E-state index is 3.57. The molecule has 1 aromatic carbocycles. The Morgan fingerprint density at radius 1 is 1.29 bits per heavy atom. The Morgan fingerprint density at radius 3 is 2.64 bits per heavy atom. The van der Waals surface area contributed by atoms with Gasteiger partial charge in [-0.25, -0.2) is 0 Å². The van der Waals surface area contributed by atoms with Crippen LogP contribution >= 0.6 is 0 Å². The average Bonchev–Trinajstić information content (AvgIpc) is 3.00. The first-order valence-corrected chi connectivity index (χ1v) is 5.62. The smallest absolute Gasteiger partial charge is 0.0207 e. The summed E-state index contributed by atoms with van der Waals surface area (Å²) >= 11 is 0. The second-order valence-corrected chi connectivity index (χ2v) is 4.45. The van der Waals surface area contributed by atoms with E-state index >= 15 is 0 Å². The van der Waals surface area contributed by atoms with Crippen molar-refractivity contribution in [3.8, 4) is 0 Å². The highest BCUT2D eigenvalue weighted by Crippen LogP contribution is 2.33. The molecule has 0 radical (unpaired) electrons. The molecule has 1 atom stereocenters. The first kappa shape index (κ1) is 9.72. The minimum atomic E-state index is 0.669. The molecule has 0 spiro atoms. The lowest BCUT2D eigenvalue weighted by atomic mass is 10.1. The summed E-state index contributed by atoms with van der Waals surface area (Å²) in [6, 6.07) is 11.3. The molecular weight excluding hydrogens is 170 g/mol. The summed E-state index contributed by atoms with van der Waals surface area (Å²) in [6.45, 7) is 3.30. The van der Waals surface area contributed by atoms with Crippen molar-refractivity contribution in [3.05, 3.63) is 35.9 Å². The molecule has 0 aliphatic heterocycles. The number of hydrogen-bond acceptors (Lipinski definition) is 1. The van der Waals surface area contributed by atoms with Gasteiger partial charge in [0.05, 0.1) is 0 Å². The van der Waals surface area contributed by atoms with Crippen molar-refractivity contribution >= 4 is 0 Å². The molecule has 2 rings (SSSR count). The van der Waals surface area contributed by atoms with E-state index < -0.39 is 0 Å². The molecule has 1 heteroatoms. The van der Waals surface area contributed by atoms with Gasteiger partial charge in [0.15, 0.2) is 0 Å². The third kappa shape index (κ3) is 3.15. The Labute approximate surface area is 86.5 Å². The van der Waals surface area contributed by atoms with Crippen molar-refractivity contribution in [1.82, 2.24) is 5.32 Å². The summed E-state index contributed by atoms with van der Waals surface area (Å²) < 4.78 is 0. The lowest BCUT2D eigenvalue weighted by Crippen LogP contribution is -2.25. The van der Waals surface area contributed by atoms with Crippen LogP contribution in [0.1, 0.15) is 31.7 Å². The van der Waals surface area contributed by atoms with Crippen molar-refractivity contribution < 1.29 is 0 Å². The first-order valence-electron chi connectivity index (χ1n) is 5.62. The molecule has 0 saturated heterocycles. The first-order chi connectivity index (χ1) is 6.84. The van der Waals surface area contributed by atoms with Gasteiger partial charge in [-0.3, -0.25) is 0 Å². The molecule has 1 fully saturated rings. The summed E-state index contributed by atoms with van der Waals surface area (Å²) in [6.07, 6.45) is 4.27. The van der Waals surface area contributed by atoms with Gasteiger partial charge in [-0.05, 0) is 24.8 Å². The van der Waals surface area contributed by atoms with Gasteiger partial charge in [0, 0.05) is 12.6 Å². The topological polar surface area (TPSA) is 12.0 Å². The van der Waals surface area contributed by atoms with E-state index in [-0.39, 0.29) is 0 Å². The van der Waals surface area contributed by atoms with Gasteiger partial charge in [0.25, 0.3) is 0 Å². The number of nitrogens with one attached hydrogen (secondary N) is 1. The Morgan fingerprint density at radius 2 is 2.00 bits per heavy atom. The summed E-state index contributed by atoms with van der Waals surface area (Å²) in [5, 5.41) is 3.57. The van der Waals surface area contributed by atoms with Gasteiger partial charge in [0.2, 0.25) is 0 Å². The van der Waals surface area contributed by atoms with E-state index in [9.17, 15) is 0 Å². The number of rotatable bonds is 5. The highest BCUT2D eigenvalue weighted by molar-refractivity contribution is 5.14. The standard InChI is InChI=1S/C13H19N/c1-11(9-12-7-8-12)14-10-13-5-3-2-4-6-13/h2-6,11-12,14H,7-10H2,1H3. The molecule has 0 bridgehead atoms. The van der Waals surface area contributed by atoms with Crippen LogP contribution < -0.4 is 5.32 Å². The summed E-state index contributed by atoms with van der Waals surface area (Å²) in [5.74, 6) is 1.02. The van der Waals surface area contributed by atoms with Crippen LogP contribution in [0.15, 0.2) is 30.3 Å². The monoisotopic (exact) mass is 189 g/mol. The normalized spacial score (nSPS) is 18.1. The minimum absolute atomic E-state index is 0.669. The molecule has 1 nitrogen and oxygen atoms in total. The fourth-order valence-electron chi connectivity index (χ4n) is 1.82. The molecule has 1 aliphatic rings. The molecule has 0 aromatic heterocycles. The SMILES string of the molecule is CC(CC1CC1)NCc1ccccc1. The third-order valence-corrected chi connectivity index (χ3v) is 2.88. The van der Waals surface area contributed by atoms with Crippen molar-refractivity contribution in [2.24, 2.45) is 5.92 Å². The number of benzene rings is 1. The van der Waals surface area contributed by atoms with Crippen LogP contribution in [0.25, 0.3) is 0 Å². The predicted octanol–water partition coefficient (Wildman–Crippen LogP) is 2.96. The van der Waals surface area contributed by atoms with Gasteiger partial charge in [-0.1, -0.05) is 43.2 Å². The zero-order valence-electron chi connectivity index (χ0n) is 8.87. The zero-order valence-corrected chi connectivity index (χ0v) is 8.87. The summed E-state index contributed by atoms with van der Waals surface area (Å²) in [7, 11) is 0. The fraction of sp³-hybridized carbons (Fsp3) is 0.538. The van der Waals surface area contributed by atoms with Crippen LogP contribution in [0.2, 0.25) is 0 Å². The minimum Gasteiger partial charge on any atom is -0.310 e. The van der Waals surface area contributed by atoms with Crippen molar-refractivity contribution in [2.75, 3.05) is 0 Å². The van der Waals surface area contributed by atoms with E-state index in [4.69, 9.17) is 0 Å². The lowest BCUT2D eigenvalue weighted by molar-refractivity contribution is 0.487. The largest absolute Gasteiger partial charge is 0.310 e. The third-order valence-electron chi connectivity index (χ3n) is 2.88. The fourth-order valence-corrected chi connectivity index (χ4v) is 1.82. The van der Waals surface area contributed by atoms with Gasteiger partial charge in [-0.15, -0.1) is 0 Å². The van der Waals surface area contributed by atoms with Gasteiger partial charge in [-0.2, -0.15) is 0 Å². The van der Waals surface area contributed by atoms with E-state index in [0.717, 1.165) is 12.5 Å². The molecule has 1 unspecified atom stereocenters. The molecule has 1 saturated carbocycles. The van der Waals surface area contributed by atoms with Gasteiger partial charge >= 0.3 is 0 Å². The maximum absolute atomic E-state index is 3.57. The second kappa shape index (κ2) is 4.61. The van der Waals surface area contributed by atoms with Crippen LogP contribution in [0.5, 0.6) is 0 Å². The molecule has 14 heavy (non-hydrogen) atoms. The van der Waals surface area contributed by atoms with E-state index in [1.54, 1.807) is 0 Å². The summed E-state index contributed by atoms with van der Waals surface area (Å²) in [4.78, 5) is 0. The van der Waals surface area contributed by atoms with E-state index in [0.29, 0.717) is 6.04 Å². The highest BCUT2D eigenvalue weighted by Gasteiger charge is 2.23. The molecule has 1 aromatic rings. The van der Waals surface area contributed by atoms with Crippen molar-refractivity contribution in [1.29, 1.82) is 0 Å². The molecule has 1 N–H and O–H groups in total. The zero-order chi connectivity index (χ0) is 9.80. The molecule has 1 aliphatic carbocycles.